The van der Waals surface area contributed by atoms with Crippen molar-refractivity contribution in [2.75, 3.05) is 33.9 Å². The van der Waals surface area contributed by atoms with Crippen LogP contribution in [0.2, 0.25) is 0 Å². The quantitative estimate of drug-likeness (QED) is 0.670. The highest BCUT2D eigenvalue weighted by atomic mass is 16.5. The molecule has 1 aromatic rings. The van der Waals surface area contributed by atoms with Crippen LogP contribution in [0.1, 0.15) is 31.2 Å². The van der Waals surface area contributed by atoms with E-state index >= 15 is 0 Å². The van der Waals surface area contributed by atoms with Crippen molar-refractivity contribution in [2.24, 2.45) is 10.7 Å². The summed E-state index contributed by atoms with van der Waals surface area (Å²) in [6, 6.07) is 5.96. The van der Waals surface area contributed by atoms with Crippen molar-refractivity contribution in [1.29, 1.82) is 0 Å². The zero-order chi connectivity index (χ0) is 15.8. The number of guanidine groups is 1. The second kappa shape index (κ2) is 8.51. The van der Waals surface area contributed by atoms with Gasteiger partial charge in [-0.2, -0.15) is 0 Å². The fourth-order valence-electron chi connectivity index (χ4n) is 2.74. The molecule has 5 nitrogen and oxygen atoms in total. The molecule has 0 aromatic heterocycles. The van der Waals surface area contributed by atoms with E-state index in [2.05, 4.69) is 9.89 Å². The Kier molecular flexibility index (Phi) is 6.37. The van der Waals surface area contributed by atoms with Crippen molar-refractivity contribution in [2.45, 2.75) is 32.1 Å². The molecule has 1 aliphatic rings. The molecular weight excluding hydrogens is 278 g/mol. The SMILES string of the molecule is COc1ccc(CCN=C(N)N2CCCCCC2)cc1OC. The number of methoxy groups -OCH3 is 2. The van der Waals surface area contributed by atoms with Gasteiger partial charge in [0.2, 0.25) is 0 Å². The summed E-state index contributed by atoms with van der Waals surface area (Å²) >= 11 is 0. The molecule has 0 amide bonds. The summed E-state index contributed by atoms with van der Waals surface area (Å²) in [6.45, 7) is 2.76. The lowest BCUT2D eigenvalue weighted by atomic mass is 10.1. The molecule has 0 atom stereocenters. The molecule has 0 spiro atoms. The van der Waals surface area contributed by atoms with Gasteiger partial charge in [0, 0.05) is 19.6 Å². The van der Waals surface area contributed by atoms with Crippen molar-refractivity contribution in [3.8, 4) is 11.5 Å². The fourth-order valence-corrected chi connectivity index (χ4v) is 2.74. The number of hydrogen-bond donors (Lipinski definition) is 1. The van der Waals surface area contributed by atoms with Crippen LogP contribution < -0.4 is 15.2 Å². The first-order chi connectivity index (χ1) is 10.7. The Morgan fingerprint density at radius 2 is 1.77 bits per heavy atom. The molecule has 1 saturated heterocycles. The maximum atomic E-state index is 6.11. The van der Waals surface area contributed by atoms with Gasteiger partial charge in [0.1, 0.15) is 0 Å². The van der Waals surface area contributed by atoms with E-state index in [1.807, 2.05) is 18.2 Å². The third-order valence-corrected chi connectivity index (χ3v) is 4.05. The van der Waals surface area contributed by atoms with E-state index in [0.29, 0.717) is 12.5 Å². The van der Waals surface area contributed by atoms with Crippen molar-refractivity contribution in [3.63, 3.8) is 0 Å². The minimum atomic E-state index is 0.683. The van der Waals surface area contributed by atoms with Gasteiger partial charge in [-0.3, -0.25) is 4.99 Å². The minimum Gasteiger partial charge on any atom is -0.493 e. The third-order valence-electron chi connectivity index (χ3n) is 4.05. The second-order valence-corrected chi connectivity index (χ2v) is 5.58. The molecule has 5 heteroatoms. The third kappa shape index (κ3) is 4.55. The number of nitrogens with two attached hydrogens (primary N) is 1. The summed E-state index contributed by atoms with van der Waals surface area (Å²) < 4.78 is 10.6. The van der Waals surface area contributed by atoms with Crippen molar-refractivity contribution < 1.29 is 9.47 Å². The van der Waals surface area contributed by atoms with Crippen LogP contribution >= 0.6 is 0 Å². The molecule has 2 rings (SSSR count). The number of ether oxygens (including phenoxy) is 2. The fraction of sp³-hybridized carbons (Fsp3) is 0.588. The Morgan fingerprint density at radius 3 is 2.41 bits per heavy atom. The zero-order valence-corrected chi connectivity index (χ0v) is 13.7. The monoisotopic (exact) mass is 305 g/mol. The largest absolute Gasteiger partial charge is 0.493 e. The Balaban J connectivity index is 1.90. The highest BCUT2D eigenvalue weighted by molar-refractivity contribution is 5.78. The molecule has 1 heterocycles. The van der Waals surface area contributed by atoms with E-state index in [-0.39, 0.29) is 0 Å². The number of rotatable bonds is 5. The number of nitrogens with zero attached hydrogens (tertiary/aromatic N) is 2. The van der Waals surface area contributed by atoms with Crippen LogP contribution in [0.3, 0.4) is 0 Å². The van der Waals surface area contributed by atoms with Gasteiger partial charge in [-0.15, -0.1) is 0 Å². The first kappa shape index (κ1) is 16.5. The molecule has 0 saturated carbocycles. The van der Waals surface area contributed by atoms with Gasteiger partial charge in [0.15, 0.2) is 17.5 Å². The van der Waals surface area contributed by atoms with E-state index in [1.165, 1.54) is 31.2 Å². The van der Waals surface area contributed by atoms with E-state index in [9.17, 15) is 0 Å². The Morgan fingerprint density at radius 1 is 1.09 bits per heavy atom. The van der Waals surface area contributed by atoms with Crippen molar-refractivity contribution in [3.05, 3.63) is 23.8 Å². The minimum absolute atomic E-state index is 0.683. The molecule has 122 valence electrons. The highest BCUT2D eigenvalue weighted by Crippen LogP contribution is 2.27. The molecular formula is C17H27N3O2. The molecule has 1 aromatic carbocycles. The lowest BCUT2D eigenvalue weighted by Gasteiger charge is -2.21. The summed E-state index contributed by atoms with van der Waals surface area (Å²) in [4.78, 5) is 6.74. The molecule has 0 bridgehead atoms. The van der Waals surface area contributed by atoms with Gasteiger partial charge in [-0.05, 0) is 37.0 Å². The molecule has 1 fully saturated rings. The molecule has 0 unspecified atom stereocenters. The van der Waals surface area contributed by atoms with E-state index in [1.54, 1.807) is 14.2 Å². The van der Waals surface area contributed by atoms with Crippen molar-refractivity contribution in [1.82, 2.24) is 4.90 Å². The topological polar surface area (TPSA) is 60.1 Å². The smallest absolute Gasteiger partial charge is 0.191 e. The number of likely N-dealkylation sites (tertiary alicyclic amines) is 1. The molecule has 0 aliphatic carbocycles. The average molecular weight is 305 g/mol. The van der Waals surface area contributed by atoms with Crippen LogP contribution in [0.5, 0.6) is 11.5 Å². The molecule has 0 radical (unpaired) electrons. The van der Waals surface area contributed by atoms with E-state index in [4.69, 9.17) is 15.2 Å². The summed E-state index contributed by atoms with van der Waals surface area (Å²) in [5.41, 5.74) is 7.29. The van der Waals surface area contributed by atoms with Gasteiger partial charge in [-0.1, -0.05) is 18.9 Å². The lowest BCUT2D eigenvalue weighted by molar-refractivity contribution is 0.354. The zero-order valence-electron chi connectivity index (χ0n) is 13.7. The first-order valence-corrected chi connectivity index (χ1v) is 8.00. The Bertz CT molecular complexity index is 495. The Labute approximate surface area is 133 Å². The summed E-state index contributed by atoms with van der Waals surface area (Å²) in [6.07, 6.45) is 5.87. The summed E-state index contributed by atoms with van der Waals surface area (Å²) in [5, 5.41) is 0. The summed E-state index contributed by atoms with van der Waals surface area (Å²) in [5.74, 6) is 2.19. The molecule has 2 N–H and O–H groups in total. The molecule has 22 heavy (non-hydrogen) atoms. The maximum absolute atomic E-state index is 6.11. The normalized spacial score (nSPS) is 16.3. The first-order valence-electron chi connectivity index (χ1n) is 8.00. The van der Waals surface area contributed by atoms with E-state index < -0.39 is 0 Å². The van der Waals surface area contributed by atoms with Crippen LogP contribution in [-0.2, 0) is 6.42 Å². The van der Waals surface area contributed by atoms with Crippen LogP contribution in [-0.4, -0.2) is 44.7 Å². The van der Waals surface area contributed by atoms with Gasteiger partial charge in [0.05, 0.1) is 14.2 Å². The van der Waals surface area contributed by atoms with Crippen LogP contribution in [0.4, 0.5) is 0 Å². The van der Waals surface area contributed by atoms with Crippen molar-refractivity contribution >= 4 is 5.96 Å². The number of benzene rings is 1. The van der Waals surface area contributed by atoms with Gasteiger partial charge >= 0.3 is 0 Å². The number of aliphatic imine (C=N–C) groups is 1. The van der Waals surface area contributed by atoms with E-state index in [0.717, 1.165) is 31.0 Å². The average Bonchev–Trinajstić information content (AvgIpc) is 2.83. The van der Waals surface area contributed by atoms with Crippen LogP contribution in [0.25, 0.3) is 0 Å². The highest BCUT2D eigenvalue weighted by Gasteiger charge is 2.10. The standard InChI is InChI=1S/C17H27N3O2/c1-21-15-8-7-14(13-16(15)22-2)9-10-19-17(18)20-11-5-3-4-6-12-20/h7-8,13H,3-6,9-12H2,1-2H3,(H2,18,19). The van der Waals surface area contributed by atoms with Gasteiger partial charge in [-0.25, -0.2) is 0 Å². The lowest BCUT2D eigenvalue weighted by Crippen LogP contribution is -2.38. The predicted molar refractivity (Wildman–Crippen MR) is 89.8 cm³/mol. The second-order valence-electron chi connectivity index (χ2n) is 5.58. The van der Waals surface area contributed by atoms with Gasteiger partial charge < -0.3 is 20.1 Å². The van der Waals surface area contributed by atoms with Crippen LogP contribution in [0.15, 0.2) is 23.2 Å². The Hall–Kier alpha value is -1.91. The molecule has 1 aliphatic heterocycles. The maximum Gasteiger partial charge on any atom is 0.191 e. The van der Waals surface area contributed by atoms with Crippen LogP contribution in [0, 0.1) is 0 Å². The summed E-state index contributed by atoms with van der Waals surface area (Å²) in [7, 11) is 3.29. The van der Waals surface area contributed by atoms with Gasteiger partial charge in [0.25, 0.3) is 0 Å². The predicted octanol–water partition coefficient (Wildman–Crippen LogP) is 2.44. The number of hydrogen-bond acceptors (Lipinski definition) is 3.